The summed E-state index contributed by atoms with van der Waals surface area (Å²) in [5.41, 5.74) is 0.841. The van der Waals surface area contributed by atoms with Gasteiger partial charge in [0.25, 0.3) is 0 Å². The second-order valence-corrected chi connectivity index (χ2v) is 4.14. The summed E-state index contributed by atoms with van der Waals surface area (Å²) in [6, 6.07) is -0.149. The summed E-state index contributed by atoms with van der Waals surface area (Å²) in [6.45, 7) is 4.69. The van der Waals surface area contributed by atoms with E-state index in [0.29, 0.717) is 13.1 Å². The number of hydrogen-bond acceptors (Lipinski definition) is 5. The van der Waals surface area contributed by atoms with Crippen molar-refractivity contribution in [3.63, 3.8) is 0 Å². The van der Waals surface area contributed by atoms with Gasteiger partial charge in [-0.05, 0) is 6.08 Å². The molecule has 0 spiro atoms. The highest BCUT2D eigenvalue weighted by atomic mass is 16.7. The molecule has 2 aliphatic rings. The zero-order chi connectivity index (χ0) is 13.2. The Morgan fingerprint density at radius 3 is 3.00 bits per heavy atom. The molecule has 6 heteroatoms. The van der Waals surface area contributed by atoms with Crippen LogP contribution in [0.5, 0.6) is 0 Å². The first-order valence-electron chi connectivity index (χ1n) is 5.77. The first-order valence-corrected chi connectivity index (χ1v) is 5.77. The largest absolute Gasteiger partial charge is 0.445 e. The van der Waals surface area contributed by atoms with Crippen LogP contribution in [0.3, 0.4) is 0 Å². The lowest BCUT2D eigenvalue weighted by Gasteiger charge is -2.30. The number of carbonyl (C=O) groups excluding carboxylic acids is 1. The predicted molar refractivity (Wildman–Crippen MR) is 64.9 cm³/mol. The molecule has 2 aliphatic heterocycles. The lowest BCUT2D eigenvalue weighted by atomic mass is 10.1. The maximum atomic E-state index is 11.9. The molecule has 2 heterocycles. The van der Waals surface area contributed by atoms with Crippen LogP contribution in [-0.2, 0) is 14.2 Å². The quantitative estimate of drug-likeness (QED) is 0.583. The highest BCUT2D eigenvalue weighted by Crippen LogP contribution is 2.36. The minimum absolute atomic E-state index is 0.149. The number of fused-ring (bicyclic) bond motifs is 1. The highest BCUT2D eigenvalue weighted by molar-refractivity contribution is 5.72. The van der Waals surface area contributed by atoms with Gasteiger partial charge in [0.2, 0.25) is 5.79 Å². The molecule has 1 amide bonds. The molecule has 0 aromatic rings. The van der Waals surface area contributed by atoms with E-state index in [2.05, 4.69) is 11.9 Å². The van der Waals surface area contributed by atoms with Crippen molar-refractivity contribution in [3.8, 4) is 0 Å². The van der Waals surface area contributed by atoms with Crippen LogP contribution in [0.4, 0.5) is 4.79 Å². The van der Waals surface area contributed by atoms with Gasteiger partial charge in [-0.25, -0.2) is 4.79 Å². The minimum Gasteiger partial charge on any atom is -0.445 e. The van der Waals surface area contributed by atoms with Gasteiger partial charge in [0, 0.05) is 26.5 Å². The van der Waals surface area contributed by atoms with Gasteiger partial charge < -0.3 is 19.5 Å². The zero-order valence-corrected chi connectivity index (χ0v) is 10.6. The molecular weight excluding hydrogens is 236 g/mol. The molecule has 100 valence electrons. The van der Waals surface area contributed by atoms with Crippen molar-refractivity contribution < 1.29 is 19.0 Å². The zero-order valence-electron chi connectivity index (χ0n) is 10.6. The van der Waals surface area contributed by atoms with E-state index >= 15 is 0 Å². The third kappa shape index (κ3) is 1.92. The number of carbonyl (C=O) groups is 1. The van der Waals surface area contributed by atoms with Crippen LogP contribution < -0.4 is 5.32 Å². The minimum atomic E-state index is -0.852. The van der Waals surface area contributed by atoms with Gasteiger partial charge in [0.05, 0.1) is 6.54 Å². The van der Waals surface area contributed by atoms with Crippen LogP contribution in [-0.4, -0.2) is 56.7 Å². The average molecular weight is 254 g/mol. The molecule has 1 unspecified atom stereocenters. The van der Waals surface area contributed by atoms with E-state index in [1.54, 1.807) is 19.1 Å². The first kappa shape index (κ1) is 13.1. The lowest BCUT2D eigenvalue weighted by Crippen LogP contribution is -2.50. The average Bonchev–Trinajstić information content (AvgIpc) is 2.97. The van der Waals surface area contributed by atoms with Gasteiger partial charge in [-0.2, -0.15) is 0 Å². The number of likely N-dealkylation sites (tertiary alicyclic amines) is 1. The number of rotatable bonds is 4. The van der Waals surface area contributed by atoms with E-state index < -0.39 is 11.9 Å². The van der Waals surface area contributed by atoms with Crippen LogP contribution in [0.15, 0.2) is 24.4 Å². The monoisotopic (exact) mass is 254 g/mol. The van der Waals surface area contributed by atoms with Gasteiger partial charge in [0.15, 0.2) is 0 Å². The van der Waals surface area contributed by atoms with Crippen molar-refractivity contribution in [3.05, 3.63) is 24.4 Å². The van der Waals surface area contributed by atoms with Crippen molar-refractivity contribution in [2.75, 3.05) is 33.9 Å². The van der Waals surface area contributed by atoms with E-state index in [0.717, 1.165) is 5.70 Å². The summed E-state index contributed by atoms with van der Waals surface area (Å²) in [7, 11) is 3.14. The summed E-state index contributed by atoms with van der Waals surface area (Å²) in [5, 5.41) is 3.24. The van der Waals surface area contributed by atoms with Gasteiger partial charge in [-0.3, -0.25) is 4.90 Å². The van der Waals surface area contributed by atoms with Crippen LogP contribution in [0.1, 0.15) is 0 Å². The molecule has 1 atom stereocenters. The van der Waals surface area contributed by atoms with Gasteiger partial charge >= 0.3 is 6.09 Å². The number of hydrogen-bond donors (Lipinski definition) is 1. The van der Waals surface area contributed by atoms with Gasteiger partial charge in [-0.15, -0.1) is 0 Å². The lowest BCUT2D eigenvalue weighted by molar-refractivity contribution is -0.205. The Morgan fingerprint density at radius 1 is 1.67 bits per heavy atom. The molecule has 0 saturated carbocycles. The molecule has 18 heavy (non-hydrogen) atoms. The fourth-order valence-corrected chi connectivity index (χ4v) is 2.38. The SMILES string of the molecule is C=CCOC(=O)N1CC(OC)(OC)C2NCC=C21. The molecule has 1 fully saturated rings. The molecule has 0 aromatic heterocycles. The number of methoxy groups -OCH3 is 2. The fourth-order valence-electron chi connectivity index (χ4n) is 2.38. The summed E-state index contributed by atoms with van der Waals surface area (Å²) >= 11 is 0. The van der Waals surface area contributed by atoms with Crippen LogP contribution in [0.2, 0.25) is 0 Å². The van der Waals surface area contributed by atoms with E-state index in [-0.39, 0.29) is 12.6 Å². The maximum absolute atomic E-state index is 11.9. The Hall–Kier alpha value is -1.37. The van der Waals surface area contributed by atoms with E-state index in [1.165, 1.54) is 6.08 Å². The van der Waals surface area contributed by atoms with Crippen LogP contribution in [0.25, 0.3) is 0 Å². The second kappa shape index (κ2) is 5.09. The van der Waals surface area contributed by atoms with Crippen molar-refractivity contribution in [2.45, 2.75) is 11.8 Å². The molecule has 0 radical (unpaired) electrons. The Morgan fingerprint density at radius 2 is 2.39 bits per heavy atom. The molecule has 1 saturated heterocycles. The molecule has 6 nitrogen and oxygen atoms in total. The Balaban J connectivity index is 2.18. The Kier molecular flexibility index (Phi) is 3.70. The van der Waals surface area contributed by atoms with Crippen molar-refractivity contribution in [1.29, 1.82) is 0 Å². The summed E-state index contributed by atoms with van der Waals surface area (Å²) < 4.78 is 16.0. The van der Waals surface area contributed by atoms with Gasteiger partial charge in [0.1, 0.15) is 12.6 Å². The summed E-state index contributed by atoms with van der Waals surface area (Å²) in [5.74, 6) is -0.852. The smallest absolute Gasteiger partial charge is 0.414 e. The molecule has 0 aliphatic carbocycles. The normalized spacial score (nSPS) is 24.7. The summed E-state index contributed by atoms with van der Waals surface area (Å²) in [6.07, 6.45) is 3.07. The third-order valence-corrected chi connectivity index (χ3v) is 3.30. The van der Waals surface area contributed by atoms with Crippen molar-refractivity contribution in [2.24, 2.45) is 0 Å². The molecule has 2 rings (SSSR count). The van der Waals surface area contributed by atoms with Gasteiger partial charge in [-0.1, -0.05) is 12.7 Å². The number of amides is 1. The van der Waals surface area contributed by atoms with Crippen LogP contribution in [0, 0.1) is 0 Å². The standard InChI is InChI=1S/C12H18N2O4/c1-4-7-18-11(15)14-8-12(16-2,17-3)10-9(14)5-6-13-10/h4-5,10,13H,1,6-8H2,2-3H3. The Bertz CT molecular complexity index is 376. The summed E-state index contributed by atoms with van der Waals surface area (Å²) in [4.78, 5) is 13.5. The van der Waals surface area contributed by atoms with E-state index in [9.17, 15) is 4.79 Å². The maximum Gasteiger partial charge on any atom is 0.414 e. The topological polar surface area (TPSA) is 60.0 Å². The third-order valence-electron chi connectivity index (χ3n) is 3.30. The Labute approximate surface area is 106 Å². The van der Waals surface area contributed by atoms with Crippen molar-refractivity contribution in [1.82, 2.24) is 10.2 Å². The predicted octanol–water partition coefficient (Wildman–Crippen LogP) is 0.469. The highest BCUT2D eigenvalue weighted by Gasteiger charge is 2.54. The number of nitrogens with one attached hydrogen (secondary N) is 1. The first-order chi connectivity index (χ1) is 8.68. The number of nitrogens with zero attached hydrogens (tertiary/aromatic N) is 1. The van der Waals surface area contributed by atoms with E-state index in [4.69, 9.17) is 14.2 Å². The molecule has 0 bridgehead atoms. The second-order valence-electron chi connectivity index (χ2n) is 4.14. The number of ether oxygens (including phenoxy) is 3. The van der Waals surface area contributed by atoms with Crippen LogP contribution >= 0.6 is 0 Å². The molecule has 1 N–H and O–H groups in total. The molecule has 0 aromatic carbocycles. The van der Waals surface area contributed by atoms with E-state index in [1.807, 2.05) is 6.08 Å². The fraction of sp³-hybridized carbons (Fsp3) is 0.583. The van der Waals surface area contributed by atoms with Crippen molar-refractivity contribution >= 4 is 6.09 Å². The molecular formula is C12H18N2O4.